The summed E-state index contributed by atoms with van der Waals surface area (Å²) in [6.07, 6.45) is 0. The Hall–Kier alpha value is -3.38. The Labute approximate surface area is 166 Å². The molecule has 2 N–H and O–H groups in total. The molecule has 0 spiro atoms. The summed E-state index contributed by atoms with van der Waals surface area (Å²) in [5, 5.41) is 14.2. The first-order valence-corrected chi connectivity index (χ1v) is 9.18. The number of benzene rings is 1. The number of ether oxygens (including phenoxy) is 2. The molecule has 0 saturated carbocycles. The molecular formula is C19H19N3O5S. The van der Waals surface area contributed by atoms with E-state index in [1.165, 1.54) is 13.1 Å². The molecule has 28 heavy (non-hydrogen) atoms. The van der Waals surface area contributed by atoms with Crippen molar-refractivity contribution in [3.63, 3.8) is 0 Å². The zero-order chi connectivity index (χ0) is 20.7. The molecule has 2 amide bonds. The summed E-state index contributed by atoms with van der Waals surface area (Å²) in [5.74, 6) is -1.13. The number of thiophene rings is 1. The molecule has 2 rings (SSSR count). The zero-order valence-electron chi connectivity index (χ0n) is 15.6. The van der Waals surface area contributed by atoms with Crippen molar-refractivity contribution in [3.8, 4) is 11.8 Å². The van der Waals surface area contributed by atoms with Gasteiger partial charge in [0.15, 0.2) is 6.61 Å². The summed E-state index contributed by atoms with van der Waals surface area (Å²) in [7, 11) is 1.48. The van der Waals surface area contributed by atoms with Gasteiger partial charge >= 0.3 is 5.97 Å². The van der Waals surface area contributed by atoms with Crippen molar-refractivity contribution in [2.24, 2.45) is 0 Å². The van der Waals surface area contributed by atoms with Crippen LogP contribution in [0.5, 0.6) is 5.75 Å². The first kappa shape index (κ1) is 20.9. The molecule has 0 unspecified atom stereocenters. The Kier molecular flexibility index (Phi) is 7.12. The third-order valence-corrected chi connectivity index (χ3v) is 4.85. The third-order valence-electron chi connectivity index (χ3n) is 3.65. The summed E-state index contributed by atoms with van der Waals surface area (Å²) in [6.45, 7) is 3.12. The van der Waals surface area contributed by atoms with Crippen molar-refractivity contribution in [2.75, 3.05) is 25.6 Å². The smallest absolute Gasteiger partial charge is 0.341 e. The van der Waals surface area contributed by atoms with E-state index in [0.717, 1.165) is 11.3 Å². The average molecular weight is 401 g/mol. The Morgan fingerprint density at radius 1 is 1.29 bits per heavy atom. The Bertz CT molecular complexity index is 946. The van der Waals surface area contributed by atoms with Crippen LogP contribution < -0.4 is 15.4 Å². The first-order valence-electron chi connectivity index (χ1n) is 8.36. The highest BCUT2D eigenvalue weighted by molar-refractivity contribution is 7.18. The number of nitrogens with zero attached hydrogens (tertiary/aromatic N) is 1. The minimum absolute atomic E-state index is 0.144. The van der Waals surface area contributed by atoms with Gasteiger partial charge in [0.2, 0.25) is 0 Å². The van der Waals surface area contributed by atoms with E-state index in [0.29, 0.717) is 21.8 Å². The van der Waals surface area contributed by atoms with Gasteiger partial charge in [0, 0.05) is 7.05 Å². The molecule has 1 aromatic heterocycles. The maximum Gasteiger partial charge on any atom is 0.341 e. The molecule has 0 aliphatic heterocycles. The highest BCUT2D eigenvalue weighted by Gasteiger charge is 2.26. The molecule has 1 heterocycles. The largest absolute Gasteiger partial charge is 0.484 e. The fourth-order valence-corrected chi connectivity index (χ4v) is 3.51. The van der Waals surface area contributed by atoms with E-state index in [9.17, 15) is 14.4 Å². The Morgan fingerprint density at radius 3 is 2.68 bits per heavy atom. The van der Waals surface area contributed by atoms with Gasteiger partial charge in [-0.1, -0.05) is 6.07 Å². The summed E-state index contributed by atoms with van der Waals surface area (Å²) in [6, 6.07) is 8.38. The molecule has 0 aliphatic carbocycles. The highest BCUT2D eigenvalue weighted by Crippen LogP contribution is 2.33. The van der Waals surface area contributed by atoms with Gasteiger partial charge in [-0.25, -0.2) is 4.79 Å². The first-order chi connectivity index (χ1) is 13.4. The van der Waals surface area contributed by atoms with E-state index < -0.39 is 11.9 Å². The lowest BCUT2D eigenvalue weighted by Crippen LogP contribution is -2.21. The molecule has 1 aromatic carbocycles. The molecule has 2 aromatic rings. The normalized spacial score (nSPS) is 9.93. The van der Waals surface area contributed by atoms with E-state index in [4.69, 9.17) is 14.7 Å². The van der Waals surface area contributed by atoms with Crippen LogP contribution in [-0.4, -0.2) is 38.0 Å². The highest BCUT2D eigenvalue weighted by atomic mass is 32.1. The molecule has 8 nitrogen and oxygen atoms in total. The third kappa shape index (κ3) is 4.86. The maximum absolute atomic E-state index is 12.3. The van der Waals surface area contributed by atoms with Crippen molar-refractivity contribution in [1.29, 1.82) is 5.26 Å². The van der Waals surface area contributed by atoms with Gasteiger partial charge < -0.3 is 20.1 Å². The Morgan fingerprint density at radius 2 is 2.04 bits per heavy atom. The summed E-state index contributed by atoms with van der Waals surface area (Å²) >= 11 is 0.986. The van der Waals surface area contributed by atoms with E-state index in [1.54, 1.807) is 32.0 Å². The number of amides is 2. The van der Waals surface area contributed by atoms with Crippen molar-refractivity contribution in [3.05, 3.63) is 45.8 Å². The quantitative estimate of drug-likeness (QED) is 0.688. The number of esters is 1. The topological polar surface area (TPSA) is 118 Å². The summed E-state index contributed by atoms with van der Waals surface area (Å²) in [4.78, 5) is 36.9. The van der Waals surface area contributed by atoms with E-state index in [1.807, 2.05) is 6.07 Å². The van der Waals surface area contributed by atoms with Crippen molar-refractivity contribution >= 4 is 34.1 Å². The van der Waals surface area contributed by atoms with Crippen LogP contribution in [0.2, 0.25) is 0 Å². The second-order valence-electron chi connectivity index (χ2n) is 5.54. The minimum Gasteiger partial charge on any atom is -0.484 e. The van der Waals surface area contributed by atoms with Crippen molar-refractivity contribution in [1.82, 2.24) is 5.32 Å². The lowest BCUT2D eigenvalue weighted by Gasteiger charge is -2.08. The minimum atomic E-state index is -0.621. The van der Waals surface area contributed by atoms with Crippen LogP contribution >= 0.6 is 11.3 Å². The van der Waals surface area contributed by atoms with Crippen molar-refractivity contribution in [2.45, 2.75) is 13.8 Å². The SMILES string of the molecule is CCOC(=O)c1c(NC(=O)COc2cccc(C#N)c2)sc(C(=O)NC)c1C. The number of nitriles is 1. The van der Waals surface area contributed by atoms with Gasteiger partial charge in [-0.05, 0) is 37.6 Å². The molecular weight excluding hydrogens is 382 g/mol. The molecule has 146 valence electrons. The van der Waals surface area contributed by atoms with Gasteiger partial charge in [0.05, 0.1) is 28.7 Å². The summed E-state index contributed by atoms with van der Waals surface area (Å²) < 4.78 is 10.4. The lowest BCUT2D eigenvalue weighted by atomic mass is 10.1. The predicted octanol–water partition coefficient (Wildman–Crippen LogP) is 2.48. The number of carbonyl (C=O) groups is 3. The maximum atomic E-state index is 12.3. The van der Waals surface area contributed by atoms with Crippen molar-refractivity contribution < 1.29 is 23.9 Å². The Balaban J connectivity index is 2.19. The van der Waals surface area contributed by atoms with Crippen LogP contribution in [0.4, 0.5) is 5.00 Å². The summed E-state index contributed by atoms with van der Waals surface area (Å²) in [5.41, 5.74) is 0.984. The molecule has 0 bridgehead atoms. The molecule has 0 fully saturated rings. The molecule has 0 radical (unpaired) electrons. The number of hydrogen-bond donors (Lipinski definition) is 2. The average Bonchev–Trinajstić information content (AvgIpc) is 3.02. The van der Waals surface area contributed by atoms with Gasteiger partial charge in [-0.2, -0.15) is 5.26 Å². The fourth-order valence-electron chi connectivity index (χ4n) is 2.35. The van der Waals surface area contributed by atoms with Crippen LogP contribution in [0.3, 0.4) is 0 Å². The second kappa shape index (κ2) is 9.53. The number of rotatable bonds is 7. The second-order valence-corrected chi connectivity index (χ2v) is 6.56. The lowest BCUT2D eigenvalue weighted by molar-refractivity contribution is -0.118. The molecule has 0 aliphatic rings. The van der Waals surface area contributed by atoms with Crippen LogP contribution in [-0.2, 0) is 9.53 Å². The van der Waals surface area contributed by atoms with E-state index in [-0.39, 0.29) is 29.7 Å². The number of hydrogen-bond acceptors (Lipinski definition) is 7. The van der Waals surface area contributed by atoms with Crippen LogP contribution in [0.25, 0.3) is 0 Å². The van der Waals surface area contributed by atoms with Crippen LogP contribution in [0.1, 0.15) is 38.1 Å². The monoisotopic (exact) mass is 401 g/mol. The molecule has 9 heteroatoms. The van der Waals surface area contributed by atoms with E-state index in [2.05, 4.69) is 10.6 Å². The molecule has 0 atom stereocenters. The number of carbonyl (C=O) groups excluding carboxylic acids is 3. The van der Waals surface area contributed by atoms with Gasteiger partial charge in [-0.15, -0.1) is 11.3 Å². The fraction of sp³-hybridized carbons (Fsp3) is 0.263. The van der Waals surface area contributed by atoms with Gasteiger partial charge in [0.25, 0.3) is 11.8 Å². The predicted molar refractivity (Wildman–Crippen MR) is 104 cm³/mol. The van der Waals surface area contributed by atoms with Gasteiger partial charge in [0.1, 0.15) is 10.8 Å². The number of nitrogens with one attached hydrogen (secondary N) is 2. The van der Waals surface area contributed by atoms with Gasteiger partial charge in [-0.3, -0.25) is 9.59 Å². The zero-order valence-corrected chi connectivity index (χ0v) is 16.4. The standard InChI is InChI=1S/C19H19N3O5S/c1-4-26-19(25)15-11(2)16(17(24)21-3)28-18(15)22-14(23)10-27-13-7-5-6-12(8-13)9-20/h5-8H,4,10H2,1-3H3,(H,21,24)(H,22,23). The van der Waals surface area contributed by atoms with Crippen LogP contribution in [0, 0.1) is 18.3 Å². The van der Waals surface area contributed by atoms with Crippen LogP contribution in [0.15, 0.2) is 24.3 Å². The van der Waals surface area contributed by atoms with E-state index >= 15 is 0 Å². The number of anilines is 1. The molecule has 0 saturated heterocycles.